The predicted molar refractivity (Wildman–Crippen MR) is 91.2 cm³/mol. The fourth-order valence-corrected chi connectivity index (χ4v) is 2.15. The molecule has 3 rings (SSSR count). The van der Waals surface area contributed by atoms with Crippen LogP contribution in [0.25, 0.3) is 11.3 Å². The third kappa shape index (κ3) is 4.84. The Morgan fingerprint density at radius 3 is 2.60 bits per heavy atom. The third-order valence-electron chi connectivity index (χ3n) is 3.46. The maximum absolute atomic E-state index is 12.8. The molecule has 1 N–H and O–H groups in total. The van der Waals surface area contributed by atoms with Crippen molar-refractivity contribution in [2.75, 3.05) is 6.61 Å². The van der Waals surface area contributed by atoms with Crippen LogP contribution in [0.15, 0.2) is 67.1 Å². The van der Waals surface area contributed by atoms with E-state index in [1.807, 2.05) is 24.3 Å². The van der Waals surface area contributed by atoms with Gasteiger partial charge in [0.25, 0.3) is 5.91 Å². The minimum Gasteiger partial charge on any atom is -0.484 e. The highest BCUT2D eigenvalue weighted by atomic mass is 19.1. The zero-order valence-corrected chi connectivity index (χ0v) is 13.4. The van der Waals surface area contributed by atoms with Crippen molar-refractivity contribution in [3.05, 3.63) is 78.5 Å². The van der Waals surface area contributed by atoms with Gasteiger partial charge in [-0.15, -0.1) is 0 Å². The Balaban J connectivity index is 1.48. The predicted octanol–water partition coefficient (Wildman–Crippen LogP) is 2.98. The molecule has 1 amide bonds. The van der Waals surface area contributed by atoms with Gasteiger partial charge in [-0.1, -0.05) is 6.07 Å². The molecule has 0 atom stereocenters. The zero-order chi connectivity index (χ0) is 17.5. The van der Waals surface area contributed by atoms with E-state index in [-0.39, 0.29) is 18.3 Å². The summed E-state index contributed by atoms with van der Waals surface area (Å²) in [6.45, 7) is 0.221. The van der Waals surface area contributed by atoms with Crippen molar-refractivity contribution < 1.29 is 13.9 Å². The Morgan fingerprint density at radius 1 is 1.08 bits per heavy atom. The van der Waals surface area contributed by atoms with Crippen molar-refractivity contribution in [2.45, 2.75) is 6.54 Å². The molecule has 2 heterocycles. The molecule has 25 heavy (non-hydrogen) atoms. The van der Waals surface area contributed by atoms with Crippen LogP contribution in [0.3, 0.4) is 0 Å². The van der Waals surface area contributed by atoms with Crippen molar-refractivity contribution >= 4 is 5.91 Å². The average molecular weight is 337 g/mol. The molecule has 0 aliphatic rings. The van der Waals surface area contributed by atoms with E-state index >= 15 is 0 Å². The van der Waals surface area contributed by atoms with Crippen LogP contribution in [0.1, 0.15) is 5.56 Å². The molecular weight excluding hydrogens is 321 g/mol. The molecule has 3 aromatic rings. The summed E-state index contributed by atoms with van der Waals surface area (Å²) in [6, 6.07) is 13.1. The van der Waals surface area contributed by atoms with Gasteiger partial charge in [-0.05, 0) is 48.0 Å². The van der Waals surface area contributed by atoms with Gasteiger partial charge >= 0.3 is 0 Å². The highest BCUT2D eigenvalue weighted by molar-refractivity contribution is 5.77. The summed E-state index contributed by atoms with van der Waals surface area (Å²) in [5, 5.41) is 2.75. The molecule has 6 heteroatoms. The number of amides is 1. The van der Waals surface area contributed by atoms with E-state index in [1.54, 1.807) is 18.6 Å². The van der Waals surface area contributed by atoms with Crippen LogP contribution in [0.4, 0.5) is 4.39 Å². The third-order valence-corrected chi connectivity index (χ3v) is 3.46. The van der Waals surface area contributed by atoms with Crippen LogP contribution in [-0.2, 0) is 11.3 Å². The number of hydrogen-bond acceptors (Lipinski definition) is 4. The quantitative estimate of drug-likeness (QED) is 0.751. The van der Waals surface area contributed by atoms with E-state index in [9.17, 15) is 9.18 Å². The number of hydrogen-bond donors (Lipinski definition) is 1. The molecular formula is C19H16FN3O2. The topological polar surface area (TPSA) is 64.1 Å². The fourth-order valence-electron chi connectivity index (χ4n) is 2.15. The highest BCUT2D eigenvalue weighted by Crippen LogP contribution is 2.15. The Morgan fingerprint density at radius 2 is 1.92 bits per heavy atom. The van der Waals surface area contributed by atoms with Crippen LogP contribution in [0.5, 0.6) is 5.75 Å². The lowest BCUT2D eigenvalue weighted by molar-refractivity contribution is -0.123. The normalized spacial score (nSPS) is 10.3. The number of carbonyl (C=O) groups excluding carboxylic acids is 1. The first-order valence-electron chi connectivity index (χ1n) is 7.71. The van der Waals surface area contributed by atoms with E-state index < -0.39 is 0 Å². The molecule has 0 unspecified atom stereocenters. The largest absolute Gasteiger partial charge is 0.484 e. The molecule has 0 fully saturated rings. The van der Waals surface area contributed by atoms with Crippen molar-refractivity contribution in [3.63, 3.8) is 0 Å². The summed E-state index contributed by atoms with van der Waals surface area (Å²) >= 11 is 0. The van der Waals surface area contributed by atoms with Gasteiger partial charge in [0.15, 0.2) is 6.61 Å². The first kappa shape index (κ1) is 16.6. The van der Waals surface area contributed by atoms with E-state index in [4.69, 9.17) is 4.74 Å². The maximum atomic E-state index is 12.8. The number of pyridine rings is 2. The van der Waals surface area contributed by atoms with Crippen molar-refractivity contribution in [1.82, 2.24) is 15.3 Å². The van der Waals surface area contributed by atoms with Crippen LogP contribution in [0.2, 0.25) is 0 Å². The summed E-state index contributed by atoms with van der Waals surface area (Å²) in [5.74, 6) is -0.168. The second kappa shape index (κ2) is 8.01. The number of rotatable bonds is 6. The van der Waals surface area contributed by atoms with Crippen LogP contribution < -0.4 is 10.1 Å². The summed E-state index contributed by atoms with van der Waals surface area (Å²) in [4.78, 5) is 20.2. The van der Waals surface area contributed by atoms with Crippen LogP contribution in [0, 0.1) is 5.82 Å². The number of nitrogens with zero attached hydrogens (tertiary/aromatic N) is 2. The monoisotopic (exact) mass is 337 g/mol. The molecule has 0 saturated heterocycles. The number of carbonyl (C=O) groups is 1. The van der Waals surface area contributed by atoms with Gasteiger partial charge in [0.1, 0.15) is 11.6 Å². The molecule has 0 radical (unpaired) electrons. The standard InChI is InChI=1S/C19H16FN3O2/c20-16-4-6-17(7-5-16)25-13-19(24)23-11-14-3-8-18(22-10-14)15-2-1-9-21-12-15/h1-10,12H,11,13H2,(H,23,24). The molecule has 2 aromatic heterocycles. The Hall–Kier alpha value is -3.28. The first-order chi connectivity index (χ1) is 12.2. The average Bonchev–Trinajstić information content (AvgIpc) is 2.67. The van der Waals surface area contributed by atoms with Gasteiger partial charge in [-0.3, -0.25) is 14.8 Å². The van der Waals surface area contributed by atoms with Crippen molar-refractivity contribution in [2.24, 2.45) is 0 Å². The van der Waals surface area contributed by atoms with E-state index in [1.165, 1.54) is 24.3 Å². The van der Waals surface area contributed by atoms with E-state index in [2.05, 4.69) is 15.3 Å². The van der Waals surface area contributed by atoms with Crippen molar-refractivity contribution in [1.29, 1.82) is 0 Å². The molecule has 0 spiro atoms. The molecule has 5 nitrogen and oxygen atoms in total. The van der Waals surface area contributed by atoms with Gasteiger partial charge in [0.2, 0.25) is 0 Å². The fraction of sp³-hybridized carbons (Fsp3) is 0.105. The Bertz CT molecular complexity index is 822. The molecule has 126 valence electrons. The lowest BCUT2D eigenvalue weighted by Gasteiger charge is -2.08. The van der Waals surface area contributed by atoms with Crippen LogP contribution in [-0.4, -0.2) is 22.5 Å². The maximum Gasteiger partial charge on any atom is 0.258 e. The molecule has 0 bridgehead atoms. The lowest BCUT2D eigenvalue weighted by Crippen LogP contribution is -2.28. The molecule has 0 saturated carbocycles. The van der Waals surface area contributed by atoms with Crippen LogP contribution >= 0.6 is 0 Å². The first-order valence-corrected chi connectivity index (χ1v) is 7.71. The summed E-state index contributed by atoms with van der Waals surface area (Å²) in [5.41, 5.74) is 2.64. The summed E-state index contributed by atoms with van der Waals surface area (Å²) in [7, 11) is 0. The molecule has 1 aromatic carbocycles. The molecule has 0 aliphatic carbocycles. The van der Waals surface area contributed by atoms with Gasteiger partial charge in [-0.2, -0.15) is 0 Å². The minimum atomic E-state index is -0.348. The van der Waals surface area contributed by atoms with Crippen molar-refractivity contribution in [3.8, 4) is 17.0 Å². The van der Waals surface area contributed by atoms with Gasteiger partial charge in [0, 0.05) is 30.7 Å². The number of ether oxygens (including phenoxy) is 1. The number of aromatic nitrogens is 2. The minimum absolute atomic E-state index is 0.132. The van der Waals surface area contributed by atoms with Gasteiger partial charge in [0.05, 0.1) is 5.69 Å². The number of benzene rings is 1. The van der Waals surface area contributed by atoms with E-state index in [0.717, 1.165) is 16.8 Å². The van der Waals surface area contributed by atoms with E-state index in [0.29, 0.717) is 12.3 Å². The summed E-state index contributed by atoms with van der Waals surface area (Å²) < 4.78 is 18.1. The second-order valence-electron chi connectivity index (χ2n) is 5.31. The van der Waals surface area contributed by atoms with Gasteiger partial charge < -0.3 is 10.1 Å². The molecule has 0 aliphatic heterocycles. The smallest absolute Gasteiger partial charge is 0.258 e. The zero-order valence-electron chi connectivity index (χ0n) is 13.4. The second-order valence-corrected chi connectivity index (χ2v) is 5.31. The number of halogens is 1. The Kier molecular flexibility index (Phi) is 5.31. The lowest BCUT2D eigenvalue weighted by atomic mass is 10.1. The Labute approximate surface area is 144 Å². The SMILES string of the molecule is O=C(COc1ccc(F)cc1)NCc1ccc(-c2cccnc2)nc1. The highest BCUT2D eigenvalue weighted by Gasteiger charge is 2.04. The van der Waals surface area contributed by atoms with Gasteiger partial charge in [-0.25, -0.2) is 4.39 Å². The summed E-state index contributed by atoms with van der Waals surface area (Å²) in [6.07, 6.45) is 5.17. The number of nitrogens with one attached hydrogen (secondary N) is 1.